The molecule has 0 saturated carbocycles. The Labute approximate surface area is 110 Å². The Morgan fingerprint density at radius 3 is 2.44 bits per heavy atom. The lowest BCUT2D eigenvalue weighted by molar-refractivity contribution is -0.145. The molecule has 0 atom stereocenters. The van der Waals surface area contributed by atoms with E-state index >= 15 is 0 Å². The number of ether oxygens (including phenoxy) is 1. The minimum atomic E-state index is -0.140. The van der Waals surface area contributed by atoms with E-state index in [2.05, 4.69) is 10.2 Å². The van der Waals surface area contributed by atoms with Crippen molar-refractivity contribution < 1.29 is 9.53 Å². The summed E-state index contributed by atoms with van der Waals surface area (Å²) in [7, 11) is 4.09. The van der Waals surface area contributed by atoms with E-state index in [0.29, 0.717) is 0 Å². The Balaban J connectivity index is 2.23. The Hall–Kier alpha value is -0.650. The van der Waals surface area contributed by atoms with Crippen LogP contribution in [0.25, 0.3) is 0 Å². The normalized spacial score (nSPS) is 17.6. The molecule has 18 heavy (non-hydrogen) atoms. The first kappa shape index (κ1) is 15.4. The molecule has 1 rings (SSSR count). The van der Waals surface area contributed by atoms with Gasteiger partial charge in [0, 0.05) is 26.2 Å². The quantitative estimate of drug-likeness (QED) is 0.673. The molecule has 0 aromatic heterocycles. The van der Waals surface area contributed by atoms with Crippen LogP contribution in [0.3, 0.4) is 0 Å². The standard InChI is InChI=1S/C13H27N3O2/c1-5-16(8-6-7-15(3)4)12(17)9-18-13(2)10-14-11-13/h14H,5-11H2,1-4H3. The van der Waals surface area contributed by atoms with Gasteiger partial charge in [-0.15, -0.1) is 0 Å². The molecule has 0 aromatic rings. The summed E-state index contributed by atoms with van der Waals surface area (Å²) >= 11 is 0. The zero-order valence-corrected chi connectivity index (χ0v) is 12.2. The van der Waals surface area contributed by atoms with Crippen LogP contribution in [0.2, 0.25) is 0 Å². The van der Waals surface area contributed by atoms with Gasteiger partial charge in [0.1, 0.15) is 6.61 Å². The van der Waals surface area contributed by atoms with Crippen molar-refractivity contribution in [3.8, 4) is 0 Å². The van der Waals surface area contributed by atoms with E-state index < -0.39 is 0 Å². The highest BCUT2D eigenvalue weighted by Crippen LogP contribution is 2.15. The number of hydrogen-bond acceptors (Lipinski definition) is 4. The molecule has 1 amide bonds. The molecular weight excluding hydrogens is 230 g/mol. The average molecular weight is 257 g/mol. The molecule has 0 unspecified atom stereocenters. The maximum atomic E-state index is 12.0. The van der Waals surface area contributed by atoms with Gasteiger partial charge in [0.25, 0.3) is 0 Å². The topological polar surface area (TPSA) is 44.8 Å². The van der Waals surface area contributed by atoms with Crippen molar-refractivity contribution in [2.24, 2.45) is 0 Å². The highest BCUT2D eigenvalue weighted by atomic mass is 16.5. The summed E-state index contributed by atoms with van der Waals surface area (Å²) in [5.41, 5.74) is -0.140. The van der Waals surface area contributed by atoms with Crippen molar-refractivity contribution in [2.45, 2.75) is 25.9 Å². The predicted molar refractivity (Wildman–Crippen MR) is 72.7 cm³/mol. The van der Waals surface area contributed by atoms with Gasteiger partial charge in [0.05, 0.1) is 5.60 Å². The van der Waals surface area contributed by atoms with Gasteiger partial charge in [-0.05, 0) is 40.9 Å². The highest BCUT2D eigenvalue weighted by Gasteiger charge is 2.33. The van der Waals surface area contributed by atoms with Gasteiger partial charge in [-0.2, -0.15) is 0 Å². The SMILES string of the molecule is CCN(CCCN(C)C)C(=O)COC1(C)CNC1. The van der Waals surface area contributed by atoms with Crippen molar-refractivity contribution in [2.75, 3.05) is 53.4 Å². The number of carbonyl (C=O) groups is 1. The Bertz CT molecular complexity index is 265. The average Bonchev–Trinajstić information content (AvgIpc) is 2.29. The van der Waals surface area contributed by atoms with Gasteiger partial charge in [-0.1, -0.05) is 0 Å². The first-order chi connectivity index (χ1) is 8.47. The maximum absolute atomic E-state index is 12.0. The van der Waals surface area contributed by atoms with Crippen LogP contribution >= 0.6 is 0 Å². The number of nitrogens with zero attached hydrogens (tertiary/aromatic N) is 2. The number of carbonyl (C=O) groups excluding carboxylic acids is 1. The molecule has 1 aliphatic rings. The second kappa shape index (κ2) is 7.07. The largest absolute Gasteiger partial charge is 0.363 e. The molecule has 1 aliphatic heterocycles. The Kier molecular flexibility index (Phi) is 6.05. The second-order valence-electron chi connectivity index (χ2n) is 5.47. The second-order valence-corrected chi connectivity index (χ2v) is 5.47. The van der Waals surface area contributed by atoms with E-state index in [1.807, 2.05) is 32.8 Å². The molecular formula is C13H27N3O2. The zero-order valence-electron chi connectivity index (χ0n) is 12.2. The third kappa shape index (κ3) is 4.92. The molecule has 0 aromatic carbocycles. The molecule has 1 fully saturated rings. The fourth-order valence-corrected chi connectivity index (χ4v) is 1.94. The summed E-state index contributed by atoms with van der Waals surface area (Å²) in [6.45, 7) is 8.51. The molecule has 0 aliphatic carbocycles. The molecule has 106 valence electrons. The lowest BCUT2D eigenvalue weighted by Gasteiger charge is -2.39. The minimum Gasteiger partial charge on any atom is -0.363 e. The van der Waals surface area contributed by atoms with Crippen molar-refractivity contribution in [1.82, 2.24) is 15.1 Å². The van der Waals surface area contributed by atoms with E-state index in [9.17, 15) is 4.79 Å². The van der Waals surface area contributed by atoms with Gasteiger partial charge >= 0.3 is 0 Å². The van der Waals surface area contributed by atoms with Crippen molar-refractivity contribution in [1.29, 1.82) is 0 Å². The van der Waals surface area contributed by atoms with Gasteiger partial charge in [0.15, 0.2) is 0 Å². The van der Waals surface area contributed by atoms with Crippen LogP contribution in [0, 0.1) is 0 Å². The maximum Gasteiger partial charge on any atom is 0.248 e. The lowest BCUT2D eigenvalue weighted by atomic mass is 10.0. The van der Waals surface area contributed by atoms with Crippen molar-refractivity contribution in [3.05, 3.63) is 0 Å². The van der Waals surface area contributed by atoms with Gasteiger partial charge in [-0.3, -0.25) is 4.79 Å². The first-order valence-electron chi connectivity index (χ1n) is 6.74. The summed E-state index contributed by atoms with van der Waals surface area (Å²) in [5.74, 6) is 0.101. The highest BCUT2D eigenvalue weighted by molar-refractivity contribution is 5.77. The number of hydrogen-bond donors (Lipinski definition) is 1. The number of nitrogens with one attached hydrogen (secondary N) is 1. The number of rotatable bonds is 8. The van der Waals surface area contributed by atoms with Gasteiger partial charge in [0.2, 0.25) is 5.91 Å². The Morgan fingerprint density at radius 1 is 1.33 bits per heavy atom. The molecule has 1 N–H and O–H groups in total. The van der Waals surface area contributed by atoms with E-state index in [1.54, 1.807) is 0 Å². The van der Waals surface area contributed by atoms with E-state index in [-0.39, 0.29) is 18.1 Å². The first-order valence-corrected chi connectivity index (χ1v) is 6.74. The van der Waals surface area contributed by atoms with Crippen LogP contribution in [0.1, 0.15) is 20.3 Å². The molecule has 0 spiro atoms. The minimum absolute atomic E-state index is 0.101. The van der Waals surface area contributed by atoms with Crippen LogP contribution in [-0.4, -0.2) is 74.7 Å². The van der Waals surface area contributed by atoms with Crippen molar-refractivity contribution >= 4 is 5.91 Å². The summed E-state index contributed by atoms with van der Waals surface area (Å²) in [6.07, 6.45) is 1.01. The molecule has 0 radical (unpaired) electrons. The number of likely N-dealkylation sites (N-methyl/N-ethyl adjacent to an activating group) is 1. The molecule has 1 saturated heterocycles. The van der Waals surface area contributed by atoms with E-state index in [4.69, 9.17) is 4.74 Å². The van der Waals surface area contributed by atoms with Crippen LogP contribution in [0.15, 0.2) is 0 Å². The third-order valence-corrected chi connectivity index (χ3v) is 3.31. The monoisotopic (exact) mass is 257 g/mol. The molecule has 5 nitrogen and oxygen atoms in total. The molecule has 5 heteroatoms. The summed E-state index contributed by atoms with van der Waals surface area (Å²) in [5, 5.41) is 3.16. The number of amides is 1. The van der Waals surface area contributed by atoms with Gasteiger partial charge < -0.3 is 19.9 Å². The van der Waals surface area contributed by atoms with Crippen LogP contribution in [0.5, 0.6) is 0 Å². The fourth-order valence-electron chi connectivity index (χ4n) is 1.94. The van der Waals surface area contributed by atoms with Gasteiger partial charge in [-0.25, -0.2) is 0 Å². The summed E-state index contributed by atoms with van der Waals surface area (Å²) in [4.78, 5) is 16.0. The predicted octanol–water partition coefficient (Wildman–Crippen LogP) is 0.165. The third-order valence-electron chi connectivity index (χ3n) is 3.31. The molecule has 1 heterocycles. The smallest absolute Gasteiger partial charge is 0.248 e. The van der Waals surface area contributed by atoms with Crippen molar-refractivity contribution in [3.63, 3.8) is 0 Å². The zero-order chi connectivity index (χ0) is 13.6. The Morgan fingerprint density at radius 2 is 2.00 bits per heavy atom. The summed E-state index contributed by atoms with van der Waals surface area (Å²) in [6, 6.07) is 0. The van der Waals surface area contributed by atoms with Crippen LogP contribution < -0.4 is 5.32 Å². The van der Waals surface area contributed by atoms with Crippen LogP contribution in [0.4, 0.5) is 0 Å². The van der Waals surface area contributed by atoms with E-state index in [0.717, 1.165) is 39.1 Å². The lowest BCUT2D eigenvalue weighted by Crippen LogP contribution is -2.59. The molecule has 0 bridgehead atoms. The van der Waals surface area contributed by atoms with E-state index in [1.165, 1.54) is 0 Å². The van der Waals surface area contributed by atoms with Crippen LogP contribution in [-0.2, 0) is 9.53 Å². The summed E-state index contributed by atoms with van der Waals surface area (Å²) < 4.78 is 5.67. The fraction of sp³-hybridized carbons (Fsp3) is 0.923.